The van der Waals surface area contributed by atoms with E-state index in [1.165, 1.54) is 11.8 Å². The molecular weight excluding hydrogens is 282 g/mol. The molecule has 3 aromatic rings. The first kappa shape index (κ1) is 13.6. The number of thioether (sulfide) groups is 1. The maximum absolute atomic E-state index is 5.81. The molecule has 2 aromatic heterocycles. The van der Waals surface area contributed by atoms with Crippen molar-refractivity contribution in [2.45, 2.75) is 12.1 Å². The first-order valence-electron chi connectivity index (χ1n) is 6.47. The lowest BCUT2D eigenvalue weighted by Crippen LogP contribution is -2.01. The Bertz CT molecular complexity index is 803. The molecule has 3 N–H and O–H groups in total. The molecule has 5 nitrogen and oxygen atoms in total. The Morgan fingerprint density at radius 1 is 1.10 bits per heavy atom. The fourth-order valence-electron chi connectivity index (χ4n) is 2.08. The van der Waals surface area contributed by atoms with Crippen molar-refractivity contribution in [1.29, 1.82) is 0 Å². The molecule has 21 heavy (non-hydrogen) atoms. The second-order valence-corrected chi connectivity index (χ2v) is 5.39. The number of hydrogen-bond acceptors (Lipinski definition) is 6. The summed E-state index contributed by atoms with van der Waals surface area (Å²) in [5.41, 5.74) is 8.60. The second-order valence-electron chi connectivity index (χ2n) is 4.62. The van der Waals surface area contributed by atoms with Crippen molar-refractivity contribution in [3.05, 3.63) is 42.1 Å². The third-order valence-corrected chi connectivity index (χ3v) is 3.58. The van der Waals surface area contributed by atoms with E-state index >= 15 is 0 Å². The predicted octanol–water partition coefficient (Wildman–Crippen LogP) is 3.38. The van der Waals surface area contributed by atoms with E-state index in [1.807, 2.05) is 37.4 Å². The van der Waals surface area contributed by atoms with Crippen LogP contribution in [0.25, 0.3) is 10.9 Å². The molecule has 0 aliphatic heterocycles. The van der Waals surface area contributed by atoms with Crippen LogP contribution in [0, 0.1) is 6.92 Å². The number of pyridine rings is 1. The number of nitrogens with one attached hydrogen (secondary N) is 1. The van der Waals surface area contributed by atoms with E-state index in [0.29, 0.717) is 16.8 Å². The van der Waals surface area contributed by atoms with Crippen LogP contribution >= 0.6 is 11.8 Å². The standard InChI is InChI=1S/C15H15N5S/c1-9-6-7-10-4-3-5-11(14(10)17-9)18-13-8-12(16)19-15(20-13)21-2/h3-8H,1-2H3,(H3,16,18,19,20). The molecule has 0 radical (unpaired) electrons. The number of aromatic nitrogens is 3. The molecule has 0 aliphatic carbocycles. The van der Waals surface area contributed by atoms with Crippen LogP contribution in [-0.2, 0) is 0 Å². The summed E-state index contributed by atoms with van der Waals surface area (Å²) in [5, 5.41) is 5.00. The fraction of sp³-hybridized carbons (Fsp3) is 0.133. The van der Waals surface area contributed by atoms with Crippen LogP contribution < -0.4 is 11.1 Å². The zero-order valence-corrected chi connectivity index (χ0v) is 12.6. The number of nitrogens with two attached hydrogens (primary N) is 1. The van der Waals surface area contributed by atoms with Crippen LogP contribution in [0.2, 0.25) is 0 Å². The smallest absolute Gasteiger partial charge is 0.191 e. The molecular formula is C15H15N5S. The quantitative estimate of drug-likeness (QED) is 0.570. The molecule has 0 saturated heterocycles. The first-order chi connectivity index (χ1) is 10.2. The number of rotatable bonds is 3. The second kappa shape index (κ2) is 5.57. The summed E-state index contributed by atoms with van der Waals surface area (Å²) in [6.07, 6.45) is 1.92. The van der Waals surface area contributed by atoms with Crippen molar-refractivity contribution < 1.29 is 0 Å². The molecule has 0 aliphatic rings. The molecule has 0 atom stereocenters. The highest BCUT2D eigenvalue weighted by atomic mass is 32.2. The van der Waals surface area contributed by atoms with Gasteiger partial charge in [-0.05, 0) is 25.3 Å². The summed E-state index contributed by atoms with van der Waals surface area (Å²) in [7, 11) is 0. The number of nitrogen functional groups attached to an aromatic ring is 1. The monoisotopic (exact) mass is 297 g/mol. The van der Waals surface area contributed by atoms with Gasteiger partial charge in [-0.1, -0.05) is 30.0 Å². The molecule has 1 aromatic carbocycles. The number of nitrogens with zero attached hydrogens (tertiary/aromatic N) is 3. The van der Waals surface area contributed by atoms with E-state index < -0.39 is 0 Å². The van der Waals surface area contributed by atoms with E-state index in [9.17, 15) is 0 Å². The minimum atomic E-state index is 0.446. The molecule has 3 rings (SSSR count). The van der Waals surface area contributed by atoms with E-state index in [-0.39, 0.29) is 0 Å². The summed E-state index contributed by atoms with van der Waals surface area (Å²) in [6.45, 7) is 1.98. The van der Waals surface area contributed by atoms with Gasteiger partial charge >= 0.3 is 0 Å². The zero-order chi connectivity index (χ0) is 14.8. The van der Waals surface area contributed by atoms with Gasteiger partial charge in [0, 0.05) is 17.1 Å². The van der Waals surface area contributed by atoms with Gasteiger partial charge in [-0.15, -0.1) is 0 Å². The molecule has 0 saturated carbocycles. The molecule has 0 fully saturated rings. The third kappa shape index (κ3) is 2.90. The maximum Gasteiger partial charge on any atom is 0.191 e. The molecule has 0 unspecified atom stereocenters. The van der Waals surface area contributed by atoms with Gasteiger partial charge in [0.05, 0.1) is 11.2 Å². The first-order valence-corrected chi connectivity index (χ1v) is 7.70. The van der Waals surface area contributed by atoms with Crippen molar-refractivity contribution in [3.63, 3.8) is 0 Å². The van der Waals surface area contributed by atoms with Crippen LogP contribution in [0.15, 0.2) is 41.6 Å². The van der Waals surface area contributed by atoms with Gasteiger partial charge < -0.3 is 11.1 Å². The number of anilines is 3. The van der Waals surface area contributed by atoms with Crippen LogP contribution in [0.5, 0.6) is 0 Å². The SMILES string of the molecule is CSc1nc(N)cc(Nc2cccc3ccc(C)nc23)n1. The lowest BCUT2D eigenvalue weighted by atomic mass is 10.1. The van der Waals surface area contributed by atoms with Crippen molar-refractivity contribution in [1.82, 2.24) is 15.0 Å². The minimum Gasteiger partial charge on any atom is -0.383 e. The van der Waals surface area contributed by atoms with Gasteiger partial charge in [-0.2, -0.15) is 0 Å². The van der Waals surface area contributed by atoms with Gasteiger partial charge in [-0.25, -0.2) is 9.97 Å². The summed E-state index contributed by atoms with van der Waals surface area (Å²) >= 11 is 1.46. The average molecular weight is 297 g/mol. The number of fused-ring (bicyclic) bond motifs is 1. The number of hydrogen-bond donors (Lipinski definition) is 2. The van der Waals surface area contributed by atoms with E-state index in [2.05, 4.69) is 26.3 Å². The normalized spacial score (nSPS) is 10.8. The molecule has 0 amide bonds. The highest BCUT2D eigenvalue weighted by molar-refractivity contribution is 7.98. The van der Waals surface area contributed by atoms with Crippen LogP contribution in [0.3, 0.4) is 0 Å². The van der Waals surface area contributed by atoms with Gasteiger partial charge in [0.25, 0.3) is 0 Å². The highest BCUT2D eigenvalue weighted by Gasteiger charge is 2.06. The Morgan fingerprint density at radius 2 is 1.95 bits per heavy atom. The van der Waals surface area contributed by atoms with E-state index in [0.717, 1.165) is 22.3 Å². The Hall–Kier alpha value is -2.34. The van der Waals surface area contributed by atoms with Crippen molar-refractivity contribution in [2.24, 2.45) is 0 Å². The molecule has 106 valence electrons. The van der Waals surface area contributed by atoms with Crippen molar-refractivity contribution in [2.75, 3.05) is 17.3 Å². The maximum atomic E-state index is 5.81. The van der Waals surface area contributed by atoms with E-state index in [1.54, 1.807) is 6.07 Å². The molecule has 0 bridgehead atoms. The Balaban J connectivity index is 2.05. The van der Waals surface area contributed by atoms with Crippen molar-refractivity contribution in [3.8, 4) is 0 Å². The fourth-order valence-corrected chi connectivity index (χ4v) is 2.47. The van der Waals surface area contributed by atoms with Crippen LogP contribution in [0.4, 0.5) is 17.3 Å². The van der Waals surface area contributed by atoms with Gasteiger partial charge in [-0.3, -0.25) is 4.98 Å². The Morgan fingerprint density at radius 3 is 2.76 bits per heavy atom. The predicted molar refractivity (Wildman–Crippen MR) is 88.0 cm³/mol. The largest absolute Gasteiger partial charge is 0.383 e. The summed E-state index contributed by atoms with van der Waals surface area (Å²) in [5.74, 6) is 1.11. The topological polar surface area (TPSA) is 76.7 Å². The Kier molecular flexibility index (Phi) is 3.62. The van der Waals surface area contributed by atoms with Gasteiger partial charge in [0.1, 0.15) is 11.6 Å². The minimum absolute atomic E-state index is 0.446. The summed E-state index contributed by atoms with van der Waals surface area (Å²) < 4.78 is 0. The van der Waals surface area contributed by atoms with Crippen LogP contribution in [-0.4, -0.2) is 21.2 Å². The van der Waals surface area contributed by atoms with E-state index in [4.69, 9.17) is 5.73 Å². The van der Waals surface area contributed by atoms with Gasteiger partial charge in [0.2, 0.25) is 0 Å². The van der Waals surface area contributed by atoms with Gasteiger partial charge in [0.15, 0.2) is 5.16 Å². The molecule has 6 heteroatoms. The molecule has 2 heterocycles. The average Bonchev–Trinajstić information content (AvgIpc) is 2.47. The Labute approximate surface area is 127 Å². The highest BCUT2D eigenvalue weighted by Crippen LogP contribution is 2.25. The molecule has 0 spiro atoms. The number of para-hydroxylation sites is 1. The van der Waals surface area contributed by atoms with Crippen molar-refractivity contribution >= 4 is 40.0 Å². The number of benzene rings is 1. The summed E-state index contributed by atoms with van der Waals surface area (Å²) in [4.78, 5) is 13.1. The lowest BCUT2D eigenvalue weighted by Gasteiger charge is -2.10. The third-order valence-electron chi connectivity index (χ3n) is 3.03. The number of aryl methyl sites for hydroxylation is 1. The zero-order valence-electron chi connectivity index (χ0n) is 11.8. The van der Waals surface area contributed by atoms with Crippen LogP contribution in [0.1, 0.15) is 5.69 Å². The lowest BCUT2D eigenvalue weighted by molar-refractivity contribution is 0.984. The summed E-state index contributed by atoms with van der Waals surface area (Å²) in [6, 6.07) is 11.8.